The lowest BCUT2D eigenvalue weighted by Crippen LogP contribution is -2.39. The van der Waals surface area contributed by atoms with E-state index >= 15 is 0 Å². The Kier molecular flexibility index (Phi) is 9.15. The average molecular weight is 330 g/mol. The van der Waals surface area contributed by atoms with Gasteiger partial charge in [-0.25, -0.2) is 13.1 Å². The van der Waals surface area contributed by atoms with Crippen molar-refractivity contribution in [1.29, 1.82) is 0 Å². The third-order valence-corrected chi connectivity index (χ3v) is 5.10. The number of nitrogens with one attached hydrogen (secondary N) is 3. The zero-order valence-corrected chi connectivity index (χ0v) is 14.6. The first kappa shape index (κ1) is 19.0. The molecular formula is C15H30N4O2S. The Hall–Kier alpha value is -1.08. The van der Waals surface area contributed by atoms with E-state index in [1.165, 1.54) is 25.7 Å². The zero-order chi connectivity index (χ0) is 16.3. The van der Waals surface area contributed by atoms with Crippen LogP contribution >= 0.6 is 0 Å². The van der Waals surface area contributed by atoms with Gasteiger partial charge in [0.25, 0.3) is 0 Å². The molecule has 0 atom stereocenters. The fourth-order valence-electron chi connectivity index (χ4n) is 2.32. The van der Waals surface area contributed by atoms with E-state index in [1.807, 2.05) is 0 Å². The van der Waals surface area contributed by atoms with Crippen LogP contribution in [0.4, 0.5) is 0 Å². The smallest absolute Gasteiger partial charge is 0.211 e. The topological polar surface area (TPSA) is 82.6 Å². The largest absolute Gasteiger partial charge is 0.356 e. The summed E-state index contributed by atoms with van der Waals surface area (Å²) in [5, 5.41) is 6.49. The molecule has 1 aliphatic carbocycles. The zero-order valence-electron chi connectivity index (χ0n) is 13.8. The van der Waals surface area contributed by atoms with E-state index in [1.54, 1.807) is 19.5 Å². The molecule has 0 amide bonds. The lowest BCUT2D eigenvalue weighted by Gasteiger charge is -2.15. The van der Waals surface area contributed by atoms with Crippen LogP contribution in [-0.2, 0) is 10.0 Å². The van der Waals surface area contributed by atoms with Crippen molar-refractivity contribution in [2.45, 2.75) is 45.4 Å². The van der Waals surface area contributed by atoms with Gasteiger partial charge < -0.3 is 10.6 Å². The molecule has 22 heavy (non-hydrogen) atoms. The number of allylic oxidation sites excluding steroid dienone is 1. The molecule has 0 saturated carbocycles. The van der Waals surface area contributed by atoms with E-state index in [9.17, 15) is 8.42 Å². The van der Waals surface area contributed by atoms with E-state index < -0.39 is 10.0 Å². The first-order valence-corrected chi connectivity index (χ1v) is 9.82. The van der Waals surface area contributed by atoms with Crippen molar-refractivity contribution in [3.05, 3.63) is 11.6 Å². The summed E-state index contributed by atoms with van der Waals surface area (Å²) in [6.07, 6.45) is 9.24. The Morgan fingerprint density at radius 2 is 2.00 bits per heavy atom. The van der Waals surface area contributed by atoms with E-state index in [0.29, 0.717) is 13.1 Å². The Morgan fingerprint density at radius 3 is 2.64 bits per heavy atom. The number of sulfonamides is 1. The van der Waals surface area contributed by atoms with Gasteiger partial charge in [-0.15, -0.1) is 0 Å². The molecule has 1 aliphatic rings. The summed E-state index contributed by atoms with van der Waals surface area (Å²) in [6, 6.07) is 0. The molecule has 0 radical (unpaired) electrons. The van der Waals surface area contributed by atoms with Crippen LogP contribution in [0.25, 0.3) is 0 Å². The van der Waals surface area contributed by atoms with Crippen LogP contribution in [0, 0.1) is 0 Å². The Labute approximate surface area is 134 Å². The number of rotatable bonds is 9. The highest BCUT2D eigenvalue weighted by atomic mass is 32.2. The third-order valence-electron chi connectivity index (χ3n) is 3.70. The van der Waals surface area contributed by atoms with E-state index in [4.69, 9.17) is 0 Å². The van der Waals surface area contributed by atoms with Crippen molar-refractivity contribution in [3.63, 3.8) is 0 Å². The molecule has 0 aromatic carbocycles. The van der Waals surface area contributed by atoms with Gasteiger partial charge in [-0.05, 0) is 45.4 Å². The predicted octanol–water partition coefficient (Wildman–Crippen LogP) is 1.37. The molecule has 0 bridgehead atoms. The quantitative estimate of drug-likeness (QED) is 0.258. The van der Waals surface area contributed by atoms with Gasteiger partial charge in [-0.1, -0.05) is 11.6 Å². The van der Waals surface area contributed by atoms with Gasteiger partial charge in [0.15, 0.2) is 5.96 Å². The normalized spacial score (nSPS) is 16.3. The standard InChI is InChI=1S/C15H30N4O2S/c1-3-22(20,21)19-12-7-11-17-15(16-2)18-13-10-14-8-5-4-6-9-14/h8,19H,3-7,9-13H2,1-2H3,(H2,16,17,18). The maximum absolute atomic E-state index is 11.3. The third kappa shape index (κ3) is 8.38. The van der Waals surface area contributed by atoms with Crippen molar-refractivity contribution in [3.8, 4) is 0 Å². The Morgan fingerprint density at radius 1 is 1.23 bits per heavy atom. The number of hydrogen-bond donors (Lipinski definition) is 3. The van der Waals surface area contributed by atoms with Crippen LogP contribution < -0.4 is 15.4 Å². The predicted molar refractivity (Wildman–Crippen MR) is 92.6 cm³/mol. The Balaban J connectivity index is 2.11. The molecule has 0 saturated heterocycles. The van der Waals surface area contributed by atoms with Crippen molar-refractivity contribution in [1.82, 2.24) is 15.4 Å². The maximum Gasteiger partial charge on any atom is 0.211 e. The van der Waals surface area contributed by atoms with Crippen molar-refractivity contribution < 1.29 is 8.42 Å². The minimum absolute atomic E-state index is 0.125. The van der Waals surface area contributed by atoms with Gasteiger partial charge in [-0.3, -0.25) is 4.99 Å². The molecule has 6 nitrogen and oxygen atoms in total. The van der Waals surface area contributed by atoms with E-state index in [0.717, 1.165) is 25.3 Å². The summed E-state index contributed by atoms with van der Waals surface area (Å²) >= 11 is 0. The summed E-state index contributed by atoms with van der Waals surface area (Å²) in [4.78, 5) is 4.17. The minimum atomic E-state index is -3.08. The lowest BCUT2D eigenvalue weighted by atomic mass is 9.97. The molecule has 3 N–H and O–H groups in total. The van der Waals surface area contributed by atoms with Crippen LogP contribution in [0.1, 0.15) is 45.4 Å². The average Bonchev–Trinajstić information content (AvgIpc) is 2.53. The van der Waals surface area contributed by atoms with Crippen LogP contribution in [0.5, 0.6) is 0 Å². The second-order valence-corrected chi connectivity index (χ2v) is 7.53. The van der Waals surface area contributed by atoms with Gasteiger partial charge in [0.2, 0.25) is 10.0 Å². The maximum atomic E-state index is 11.3. The van der Waals surface area contributed by atoms with Gasteiger partial charge in [0.05, 0.1) is 5.75 Å². The molecular weight excluding hydrogens is 300 g/mol. The monoisotopic (exact) mass is 330 g/mol. The van der Waals surface area contributed by atoms with Gasteiger partial charge >= 0.3 is 0 Å². The molecule has 7 heteroatoms. The molecule has 0 spiro atoms. The fourth-order valence-corrected chi connectivity index (χ4v) is 2.98. The molecule has 0 aromatic rings. The number of hydrogen-bond acceptors (Lipinski definition) is 3. The highest BCUT2D eigenvalue weighted by Gasteiger charge is 2.05. The minimum Gasteiger partial charge on any atom is -0.356 e. The summed E-state index contributed by atoms with van der Waals surface area (Å²) in [5.74, 6) is 0.897. The summed E-state index contributed by atoms with van der Waals surface area (Å²) in [7, 11) is -1.34. The first-order valence-electron chi connectivity index (χ1n) is 8.17. The second kappa shape index (κ2) is 10.6. The van der Waals surface area contributed by atoms with Crippen LogP contribution in [0.15, 0.2) is 16.6 Å². The Bertz CT molecular complexity index is 472. The molecule has 128 valence electrons. The molecule has 0 fully saturated rings. The summed E-state index contributed by atoms with van der Waals surface area (Å²) in [5.41, 5.74) is 1.54. The van der Waals surface area contributed by atoms with Crippen LogP contribution in [-0.4, -0.2) is 46.8 Å². The van der Waals surface area contributed by atoms with Gasteiger partial charge in [0.1, 0.15) is 0 Å². The summed E-state index contributed by atoms with van der Waals surface area (Å²) < 4.78 is 25.1. The molecule has 0 unspecified atom stereocenters. The second-order valence-electron chi connectivity index (χ2n) is 5.44. The summed E-state index contributed by atoms with van der Waals surface area (Å²) in [6.45, 7) is 3.66. The molecule has 0 aromatic heterocycles. The van der Waals surface area contributed by atoms with Gasteiger partial charge in [-0.2, -0.15) is 0 Å². The molecule has 0 heterocycles. The number of aliphatic imine (C=N–C) groups is 1. The highest BCUT2D eigenvalue weighted by molar-refractivity contribution is 7.89. The highest BCUT2D eigenvalue weighted by Crippen LogP contribution is 2.19. The number of guanidine groups is 1. The van der Waals surface area contributed by atoms with E-state index in [-0.39, 0.29) is 5.75 Å². The van der Waals surface area contributed by atoms with Crippen molar-refractivity contribution in [2.24, 2.45) is 4.99 Å². The van der Waals surface area contributed by atoms with Crippen molar-refractivity contribution >= 4 is 16.0 Å². The van der Waals surface area contributed by atoms with Crippen LogP contribution in [0.3, 0.4) is 0 Å². The molecule has 1 rings (SSSR count). The van der Waals surface area contributed by atoms with Crippen molar-refractivity contribution in [2.75, 3.05) is 32.4 Å². The van der Waals surface area contributed by atoms with E-state index in [2.05, 4.69) is 26.4 Å². The van der Waals surface area contributed by atoms with Gasteiger partial charge in [0, 0.05) is 26.7 Å². The first-order chi connectivity index (χ1) is 10.6. The lowest BCUT2D eigenvalue weighted by molar-refractivity contribution is 0.579. The molecule has 0 aliphatic heterocycles. The SMILES string of the molecule is CCS(=O)(=O)NCCCNC(=NC)NCCC1=CCCCC1. The fraction of sp³-hybridized carbons (Fsp3) is 0.800. The van der Waals surface area contributed by atoms with Crippen LogP contribution in [0.2, 0.25) is 0 Å². The number of nitrogens with zero attached hydrogens (tertiary/aromatic N) is 1.